The van der Waals surface area contributed by atoms with Crippen LogP contribution in [0, 0.1) is 0 Å². The molecule has 1 unspecified atom stereocenters. The van der Waals surface area contributed by atoms with E-state index in [0.29, 0.717) is 13.0 Å². The van der Waals surface area contributed by atoms with Crippen molar-refractivity contribution in [3.63, 3.8) is 0 Å². The van der Waals surface area contributed by atoms with Crippen LogP contribution in [0.2, 0.25) is 0 Å². The maximum Gasteiger partial charge on any atom is 0.238 e. The minimum atomic E-state index is -3.58. The first-order valence-electron chi connectivity index (χ1n) is 7.61. The molecular weight excluding hydrogens is 300 g/mol. The van der Waals surface area contributed by atoms with E-state index in [-0.39, 0.29) is 11.9 Å². The van der Waals surface area contributed by atoms with Crippen LogP contribution in [-0.4, -0.2) is 37.3 Å². The van der Waals surface area contributed by atoms with Crippen LogP contribution in [0.3, 0.4) is 0 Å². The molecule has 2 fully saturated rings. The molecule has 1 amide bonds. The van der Waals surface area contributed by atoms with Gasteiger partial charge in [-0.3, -0.25) is 4.79 Å². The van der Waals surface area contributed by atoms with E-state index in [1.54, 1.807) is 6.08 Å². The molecule has 1 aromatic carbocycles. The number of amides is 1. The SMILES string of the molecule is O=C(NC1CC1)C1CCCN1S(=O)(=O)C=Cc1ccccc1. The minimum absolute atomic E-state index is 0.156. The second-order valence-electron chi connectivity index (χ2n) is 5.81. The number of carbonyl (C=O) groups is 1. The molecule has 5 nitrogen and oxygen atoms in total. The summed E-state index contributed by atoms with van der Waals surface area (Å²) < 4.78 is 26.3. The van der Waals surface area contributed by atoms with Gasteiger partial charge in [0.2, 0.25) is 15.9 Å². The molecule has 2 aliphatic rings. The second kappa shape index (κ2) is 6.22. The lowest BCUT2D eigenvalue weighted by Crippen LogP contribution is -2.45. The zero-order valence-corrected chi connectivity index (χ0v) is 13.1. The van der Waals surface area contributed by atoms with E-state index >= 15 is 0 Å². The number of carbonyl (C=O) groups excluding carboxylic acids is 1. The Hall–Kier alpha value is -1.66. The average molecular weight is 320 g/mol. The van der Waals surface area contributed by atoms with E-state index in [9.17, 15) is 13.2 Å². The molecule has 1 saturated heterocycles. The molecule has 0 spiro atoms. The highest BCUT2D eigenvalue weighted by molar-refractivity contribution is 7.92. The van der Waals surface area contributed by atoms with Crippen LogP contribution in [0.5, 0.6) is 0 Å². The minimum Gasteiger partial charge on any atom is -0.352 e. The Morgan fingerprint density at radius 2 is 1.91 bits per heavy atom. The first-order valence-corrected chi connectivity index (χ1v) is 9.12. The van der Waals surface area contributed by atoms with Gasteiger partial charge in [0.05, 0.1) is 0 Å². The molecule has 1 aromatic rings. The number of hydrogen-bond acceptors (Lipinski definition) is 3. The summed E-state index contributed by atoms with van der Waals surface area (Å²) >= 11 is 0. The van der Waals surface area contributed by atoms with Crippen LogP contribution in [0.1, 0.15) is 31.2 Å². The third-order valence-electron chi connectivity index (χ3n) is 3.99. The summed E-state index contributed by atoms with van der Waals surface area (Å²) in [6.45, 7) is 0.407. The third-order valence-corrected chi connectivity index (χ3v) is 5.56. The maximum atomic E-state index is 12.5. The Labute approximate surface area is 131 Å². The summed E-state index contributed by atoms with van der Waals surface area (Å²) in [4.78, 5) is 12.2. The molecule has 118 valence electrons. The van der Waals surface area contributed by atoms with Gasteiger partial charge in [-0.05, 0) is 37.3 Å². The third kappa shape index (κ3) is 3.56. The number of benzene rings is 1. The van der Waals surface area contributed by atoms with Crippen LogP contribution in [0.4, 0.5) is 0 Å². The van der Waals surface area contributed by atoms with E-state index < -0.39 is 16.1 Å². The van der Waals surface area contributed by atoms with Crippen molar-refractivity contribution in [3.8, 4) is 0 Å². The summed E-state index contributed by atoms with van der Waals surface area (Å²) in [5, 5.41) is 4.10. The first-order chi connectivity index (χ1) is 10.6. The molecule has 0 bridgehead atoms. The van der Waals surface area contributed by atoms with Gasteiger partial charge in [-0.25, -0.2) is 8.42 Å². The Morgan fingerprint density at radius 1 is 1.18 bits per heavy atom. The van der Waals surface area contributed by atoms with Crippen LogP contribution >= 0.6 is 0 Å². The molecular formula is C16H20N2O3S. The summed E-state index contributed by atoms with van der Waals surface area (Å²) in [5.74, 6) is -0.156. The molecule has 3 rings (SSSR count). The zero-order valence-electron chi connectivity index (χ0n) is 12.3. The lowest BCUT2D eigenvalue weighted by atomic mass is 10.2. The number of nitrogens with one attached hydrogen (secondary N) is 1. The van der Waals surface area contributed by atoms with Crippen molar-refractivity contribution in [2.24, 2.45) is 0 Å². The summed E-state index contributed by atoms with van der Waals surface area (Å²) in [6.07, 6.45) is 4.89. The van der Waals surface area contributed by atoms with Crippen molar-refractivity contribution in [1.29, 1.82) is 0 Å². The molecule has 1 saturated carbocycles. The van der Waals surface area contributed by atoms with E-state index in [2.05, 4.69) is 5.32 Å². The molecule has 0 aromatic heterocycles. The largest absolute Gasteiger partial charge is 0.352 e. The lowest BCUT2D eigenvalue weighted by Gasteiger charge is -2.21. The van der Waals surface area contributed by atoms with E-state index in [1.165, 1.54) is 9.71 Å². The molecule has 1 aliphatic carbocycles. The molecule has 1 atom stereocenters. The van der Waals surface area contributed by atoms with Crippen molar-refractivity contribution >= 4 is 22.0 Å². The molecule has 6 heteroatoms. The van der Waals surface area contributed by atoms with Gasteiger partial charge < -0.3 is 5.32 Å². The number of nitrogens with zero attached hydrogens (tertiary/aromatic N) is 1. The highest BCUT2D eigenvalue weighted by atomic mass is 32.2. The smallest absolute Gasteiger partial charge is 0.238 e. The molecule has 22 heavy (non-hydrogen) atoms. The predicted molar refractivity (Wildman–Crippen MR) is 85.3 cm³/mol. The molecule has 1 aliphatic heterocycles. The van der Waals surface area contributed by atoms with Crippen molar-refractivity contribution in [3.05, 3.63) is 41.3 Å². The first kappa shape index (κ1) is 15.2. The molecule has 1 N–H and O–H groups in total. The topological polar surface area (TPSA) is 66.5 Å². The summed E-state index contributed by atoms with van der Waals surface area (Å²) in [6, 6.07) is 8.95. The van der Waals surface area contributed by atoms with Crippen LogP contribution < -0.4 is 5.32 Å². The second-order valence-corrected chi connectivity index (χ2v) is 7.58. The van der Waals surface area contributed by atoms with Crippen molar-refractivity contribution in [1.82, 2.24) is 9.62 Å². The monoisotopic (exact) mass is 320 g/mol. The fourth-order valence-corrected chi connectivity index (χ4v) is 4.06. The van der Waals surface area contributed by atoms with Crippen molar-refractivity contribution < 1.29 is 13.2 Å². The van der Waals surface area contributed by atoms with Gasteiger partial charge in [-0.1, -0.05) is 30.3 Å². The maximum absolute atomic E-state index is 12.5. The Bertz CT molecular complexity index is 666. The summed E-state index contributed by atoms with van der Waals surface area (Å²) in [7, 11) is -3.58. The normalized spacial score (nSPS) is 23.0. The molecule has 0 radical (unpaired) electrons. The highest BCUT2D eigenvalue weighted by Crippen LogP contribution is 2.25. The fourth-order valence-electron chi connectivity index (χ4n) is 2.64. The standard InChI is InChI=1S/C16H20N2O3S/c19-16(17-14-8-9-14)15-7-4-11-18(15)22(20,21)12-10-13-5-2-1-3-6-13/h1-3,5-6,10,12,14-15H,4,7-9,11H2,(H,17,19). The number of hydrogen-bond donors (Lipinski definition) is 1. The van der Waals surface area contributed by atoms with Gasteiger partial charge in [0.15, 0.2) is 0 Å². The number of sulfonamides is 1. The van der Waals surface area contributed by atoms with Gasteiger partial charge in [0.1, 0.15) is 6.04 Å². The Morgan fingerprint density at radius 3 is 2.59 bits per heavy atom. The Kier molecular flexibility index (Phi) is 4.31. The molecule has 1 heterocycles. The van der Waals surface area contributed by atoms with Crippen LogP contribution in [0.15, 0.2) is 35.7 Å². The summed E-state index contributed by atoms with van der Waals surface area (Å²) in [5.41, 5.74) is 0.823. The van der Waals surface area contributed by atoms with Crippen molar-refractivity contribution in [2.45, 2.75) is 37.8 Å². The predicted octanol–water partition coefficient (Wildman–Crippen LogP) is 1.73. The van der Waals surface area contributed by atoms with Gasteiger partial charge >= 0.3 is 0 Å². The van der Waals surface area contributed by atoms with Gasteiger partial charge in [0, 0.05) is 18.0 Å². The average Bonchev–Trinajstić information content (AvgIpc) is 3.17. The quantitative estimate of drug-likeness (QED) is 0.898. The van der Waals surface area contributed by atoms with Gasteiger partial charge in [-0.15, -0.1) is 0 Å². The van der Waals surface area contributed by atoms with Gasteiger partial charge in [-0.2, -0.15) is 4.31 Å². The number of rotatable bonds is 5. The highest BCUT2D eigenvalue weighted by Gasteiger charge is 2.39. The van der Waals surface area contributed by atoms with Crippen molar-refractivity contribution in [2.75, 3.05) is 6.54 Å². The van der Waals surface area contributed by atoms with Gasteiger partial charge in [0.25, 0.3) is 0 Å². The van der Waals surface area contributed by atoms with Crippen LogP contribution in [-0.2, 0) is 14.8 Å². The van der Waals surface area contributed by atoms with E-state index in [1.807, 2.05) is 30.3 Å². The van der Waals surface area contributed by atoms with Crippen LogP contribution in [0.25, 0.3) is 6.08 Å². The van der Waals surface area contributed by atoms with E-state index in [0.717, 1.165) is 24.8 Å². The Balaban J connectivity index is 1.72. The fraction of sp³-hybridized carbons (Fsp3) is 0.438. The van der Waals surface area contributed by atoms with E-state index in [4.69, 9.17) is 0 Å². The lowest BCUT2D eigenvalue weighted by molar-refractivity contribution is -0.124. The zero-order chi connectivity index (χ0) is 15.6.